The molecule has 0 aliphatic carbocycles. The quantitative estimate of drug-likeness (QED) is 0.787. The first-order valence-electron chi connectivity index (χ1n) is 5.00. The number of methoxy groups -OCH3 is 1. The fraction of sp³-hybridized carbons (Fsp3) is 0.545. The van der Waals surface area contributed by atoms with Crippen molar-refractivity contribution in [1.29, 1.82) is 0 Å². The summed E-state index contributed by atoms with van der Waals surface area (Å²) in [4.78, 5) is 4.22. The zero-order valence-electron chi connectivity index (χ0n) is 9.33. The van der Waals surface area contributed by atoms with E-state index in [1.807, 2.05) is 12.1 Å². The number of nitrogens with zero attached hydrogens (tertiary/aromatic N) is 1. The second-order valence-electron chi connectivity index (χ2n) is 3.70. The van der Waals surface area contributed by atoms with Crippen LogP contribution in [0.15, 0.2) is 18.3 Å². The van der Waals surface area contributed by atoms with Crippen molar-refractivity contribution in [2.75, 3.05) is 18.3 Å². The molecular formula is C11H17ClN2O. The highest BCUT2D eigenvalue weighted by atomic mass is 35.5. The Morgan fingerprint density at radius 2 is 2.27 bits per heavy atom. The summed E-state index contributed by atoms with van der Waals surface area (Å²) in [6.45, 7) is 4.24. The largest absolute Gasteiger partial charge is 0.493 e. The molecule has 0 amide bonds. The van der Waals surface area contributed by atoms with Gasteiger partial charge in [0.05, 0.1) is 7.11 Å². The molecule has 0 aromatic carbocycles. The predicted octanol–water partition coefficient (Wildman–Crippen LogP) is 2.77. The van der Waals surface area contributed by atoms with E-state index >= 15 is 0 Å². The third kappa shape index (κ3) is 3.27. The molecule has 1 aromatic heterocycles. The Morgan fingerprint density at radius 3 is 2.80 bits per heavy atom. The Labute approximate surface area is 95.8 Å². The molecule has 1 atom stereocenters. The van der Waals surface area contributed by atoms with Crippen molar-refractivity contribution in [3.63, 3.8) is 0 Å². The van der Waals surface area contributed by atoms with Crippen LogP contribution < -0.4 is 10.1 Å². The van der Waals surface area contributed by atoms with Gasteiger partial charge in [0.15, 0.2) is 11.6 Å². The average Bonchev–Trinajstić information content (AvgIpc) is 2.25. The molecule has 1 heterocycles. The number of hydrogen-bond acceptors (Lipinski definition) is 3. The van der Waals surface area contributed by atoms with Crippen LogP contribution in [0.1, 0.15) is 13.8 Å². The van der Waals surface area contributed by atoms with E-state index in [-0.39, 0.29) is 6.04 Å². The number of halogens is 1. The van der Waals surface area contributed by atoms with Gasteiger partial charge in [-0.25, -0.2) is 4.98 Å². The molecule has 0 saturated carbocycles. The second-order valence-corrected chi connectivity index (χ2v) is 4.01. The first-order valence-corrected chi connectivity index (χ1v) is 5.54. The number of rotatable bonds is 5. The lowest BCUT2D eigenvalue weighted by Gasteiger charge is -2.21. The van der Waals surface area contributed by atoms with Crippen molar-refractivity contribution in [2.24, 2.45) is 5.92 Å². The second kappa shape index (κ2) is 5.81. The molecule has 0 radical (unpaired) electrons. The van der Waals surface area contributed by atoms with Gasteiger partial charge in [0.25, 0.3) is 0 Å². The van der Waals surface area contributed by atoms with Crippen molar-refractivity contribution in [3.8, 4) is 5.75 Å². The summed E-state index contributed by atoms with van der Waals surface area (Å²) in [7, 11) is 1.63. The molecule has 0 spiro atoms. The van der Waals surface area contributed by atoms with Crippen LogP contribution in [-0.2, 0) is 0 Å². The van der Waals surface area contributed by atoms with Crippen LogP contribution in [0, 0.1) is 5.92 Å². The van der Waals surface area contributed by atoms with E-state index in [1.165, 1.54) is 0 Å². The summed E-state index contributed by atoms with van der Waals surface area (Å²) in [5.74, 6) is 2.50. The Morgan fingerprint density at radius 1 is 1.53 bits per heavy atom. The first-order chi connectivity index (χ1) is 7.19. The van der Waals surface area contributed by atoms with Crippen molar-refractivity contribution in [1.82, 2.24) is 4.98 Å². The van der Waals surface area contributed by atoms with Crippen LogP contribution in [0.5, 0.6) is 5.75 Å². The molecule has 1 unspecified atom stereocenters. The number of aromatic nitrogens is 1. The summed E-state index contributed by atoms with van der Waals surface area (Å²) >= 11 is 5.88. The summed E-state index contributed by atoms with van der Waals surface area (Å²) in [5, 5.41) is 3.28. The molecule has 3 nitrogen and oxygen atoms in total. The van der Waals surface area contributed by atoms with E-state index in [1.54, 1.807) is 13.3 Å². The molecule has 0 saturated heterocycles. The van der Waals surface area contributed by atoms with Crippen molar-refractivity contribution in [3.05, 3.63) is 18.3 Å². The highest BCUT2D eigenvalue weighted by molar-refractivity contribution is 6.18. The molecular weight excluding hydrogens is 212 g/mol. The molecule has 4 heteroatoms. The number of nitrogens with one attached hydrogen (secondary N) is 1. The molecule has 0 aliphatic rings. The fourth-order valence-electron chi connectivity index (χ4n) is 1.22. The van der Waals surface area contributed by atoms with Crippen LogP contribution in [0.4, 0.5) is 5.82 Å². The monoisotopic (exact) mass is 228 g/mol. The maximum absolute atomic E-state index is 5.88. The van der Waals surface area contributed by atoms with E-state index in [0.717, 1.165) is 11.6 Å². The van der Waals surface area contributed by atoms with Gasteiger partial charge in [0, 0.05) is 18.1 Å². The van der Waals surface area contributed by atoms with Crippen LogP contribution in [0.2, 0.25) is 0 Å². The third-order valence-electron chi connectivity index (χ3n) is 2.28. The maximum atomic E-state index is 5.88. The highest BCUT2D eigenvalue weighted by Crippen LogP contribution is 2.22. The lowest BCUT2D eigenvalue weighted by Crippen LogP contribution is -2.28. The number of alkyl halides is 1. The van der Waals surface area contributed by atoms with Gasteiger partial charge in [-0.2, -0.15) is 0 Å². The fourth-order valence-corrected chi connectivity index (χ4v) is 1.66. The van der Waals surface area contributed by atoms with E-state index in [4.69, 9.17) is 16.3 Å². The highest BCUT2D eigenvalue weighted by Gasteiger charge is 2.14. The molecule has 15 heavy (non-hydrogen) atoms. The van der Waals surface area contributed by atoms with Crippen molar-refractivity contribution >= 4 is 17.4 Å². The van der Waals surface area contributed by atoms with Crippen LogP contribution in [-0.4, -0.2) is 24.0 Å². The van der Waals surface area contributed by atoms with E-state index < -0.39 is 0 Å². The summed E-state index contributed by atoms with van der Waals surface area (Å²) in [5.41, 5.74) is 0. The smallest absolute Gasteiger partial charge is 0.168 e. The van der Waals surface area contributed by atoms with Gasteiger partial charge in [-0.1, -0.05) is 13.8 Å². The average molecular weight is 229 g/mol. The lowest BCUT2D eigenvalue weighted by molar-refractivity contribution is 0.413. The molecule has 84 valence electrons. The van der Waals surface area contributed by atoms with Gasteiger partial charge < -0.3 is 10.1 Å². The van der Waals surface area contributed by atoms with E-state index in [0.29, 0.717) is 11.8 Å². The minimum atomic E-state index is 0.204. The van der Waals surface area contributed by atoms with Crippen LogP contribution >= 0.6 is 11.6 Å². The number of anilines is 1. The normalized spacial score (nSPS) is 12.6. The van der Waals surface area contributed by atoms with Crippen LogP contribution in [0.3, 0.4) is 0 Å². The Kier molecular flexibility index (Phi) is 4.69. The van der Waals surface area contributed by atoms with Gasteiger partial charge in [0.2, 0.25) is 0 Å². The topological polar surface area (TPSA) is 34.1 Å². The van der Waals surface area contributed by atoms with Crippen LogP contribution in [0.25, 0.3) is 0 Å². The minimum absolute atomic E-state index is 0.204. The van der Waals surface area contributed by atoms with Crippen molar-refractivity contribution < 1.29 is 4.74 Å². The molecule has 0 aliphatic heterocycles. The molecule has 1 rings (SSSR count). The van der Waals surface area contributed by atoms with E-state index in [2.05, 4.69) is 24.1 Å². The third-order valence-corrected chi connectivity index (χ3v) is 2.62. The summed E-state index contributed by atoms with van der Waals surface area (Å²) < 4.78 is 5.20. The first kappa shape index (κ1) is 12.1. The zero-order chi connectivity index (χ0) is 11.3. The number of pyridine rings is 1. The molecule has 0 bridgehead atoms. The number of hydrogen-bond donors (Lipinski definition) is 1. The SMILES string of the molecule is COc1cccnc1NC(CCl)C(C)C. The van der Waals surface area contributed by atoms with Gasteiger partial charge >= 0.3 is 0 Å². The van der Waals surface area contributed by atoms with Crippen molar-refractivity contribution in [2.45, 2.75) is 19.9 Å². The zero-order valence-corrected chi connectivity index (χ0v) is 10.1. The summed E-state index contributed by atoms with van der Waals surface area (Å²) in [6, 6.07) is 3.92. The Balaban J connectivity index is 2.78. The Hall–Kier alpha value is -0.960. The van der Waals surface area contributed by atoms with Gasteiger partial charge in [-0.15, -0.1) is 11.6 Å². The standard InChI is InChI=1S/C11H17ClN2O/c1-8(2)9(7-12)14-11-10(15-3)5-4-6-13-11/h4-6,8-9H,7H2,1-3H3,(H,13,14). The predicted molar refractivity (Wildman–Crippen MR) is 63.8 cm³/mol. The molecule has 1 aromatic rings. The molecule has 0 fully saturated rings. The molecule has 1 N–H and O–H groups in total. The Bertz CT molecular complexity index is 304. The van der Waals surface area contributed by atoms with Gasteiger partial charge in [-0.05, 0) is 18.1 Å². The summed E-state index contributed by atoms with van der Waals surface area (Å²) in [6.07, 6.45) is 1.73. The van der Waals surface area contributed by atoms with Gasteiger partial charge in [0.1, 0.15) is 0 Å². The maximum Gasteiger partial charge on any atom is 0.168 e. The number of ether oxygens (including phenoxy) is 1. The van der Waals surface area contributed by atoms with E-state index in [9.17, 15) is 0 Å². The minimum Gasteiger partial charge on any atom is -0.493 e. The lowest BCUT2D eigenvalue weighted by atomic mass is 10.1. The van der Waals surface area contributed by atoms with Gasteiger partial charge in [-0.3, -0.25) is 0 Å².